The number of nitrogens with zero attached hydrogens (tertiary/aromatic N) is 1. The van der Waals surface area contributed by atoms with Crippen LogP contribution in [0.25, 0.3) is 6.08 Å². The Bertz CT molecular complexity index is 641. The molecule has 0 aromatic heterocycles. The summed E-state index contributed by atoms with van der Waals surface area (Å²) in [6.07, 6.45) is 7.75. The molecule has 0 spiro atoms. The Morgan fingerprint density at radius 3 is 2.71 bits per heavy atom. The fourth-order valence-corrected chi connectivity index (χ4v) is 2.91. The second-order valence-electron chi connectivity index (χ2n) is 6.18. The average molecular weight is 324 g/mol. The zero-order valence-electron chi connectivity index (χ0n) is 14.1. The Hall–Kier alpha value is -2.54. The molecule has 1 aromatic carbocycles. The molecule has 1 aliphatic carbocycles. The van der Waals surface area contributed by atoms with Crippen molar-refractivity contribution in [2.45, 2.75) is 38.6 Å². The van der Waals surface area contributed by atoms with Gasteiger partial charge in [-0.3, -0.25) is 4.79 Å². The first-order valence-electron chi connectivity index (χ1n) is 8.40. The van der Waals surface area contributed by atoms with E-state index < -0.39 is 0 Å². The van der Waals surface area contributed by atoms with Crippen molar-refractivity contribution in [3.63, 3.8) is 0 Å². The first kappa shape index (κ1) is 17.8. The Balaban J connectivity index is 2.03. The summed E-state index contributed by atoms with van der Waals surface area (Å²) >= 11 is 0. The maximum atomic E-state index is 12.4. The third-order valence-electron chi connectivity index (χ3n) is 4.35. The van der Waals surface area contributed by atoms with Crippen molar-refractivity contribution in [1.82, 2.24) is 5.32 Å². The molecule has 1 amide bonds. The maximum absolute atomic E-state index is 12.4. The highest BCUT2D eigenvalue weighted by Gasteiger charge is 2.23. The van der Waals surface area contributed by atoms with Gasteiger partial charge in [-0.2, -0.15) is 5.26 Å². The molecule has 1 N–H and O–H groups in total. The van der Waals surface area contributed by atoms with Crippen LogP contribution in [0.5, 0.6) is 5.75 Å². The number of hydrogen-bond donors (Lipinski definition) is 1. The predicted molar refractivity (Wildman–Crippen MR) is 95.3 cm³/mol. The van der Waals surface area contributed by atoms with Crippen molar-refractivity contribution in [1.29, 1.82) is 5.26 Å². The Labute approximate surface area is 143 Å². The first-order valence-corrected chi connectivity index (χ1v) is 8.40. The van der Waals surface area contributed by atoms with E-state index in [0.717, 1.165) is 30.6 Å². The summed E-state index contributed by atoms with van der Waals surface area (Å²) < 4.78 is 5.42. The minimum Gasteiger partial charge on any atom is -0.490 e. The zero-order chi connectivity index (χ0) is 17.4. The molecular formula is C20H24N2O2. The number of nitriles is 1. The van der Waals surface area contributed by atoms with Gasteiger partial charge in [0, 0.05) is 6.04 Å². The fraction of sp³-hybridized carbons (Fsp3) is 0.400. The van der Waals surface area contributed by atoms with Gasteiger partial charge in [0.15, 0.2) is 0 Å². The van der Waals surface area contributed by atoms with Gasteiger partial charge in [0.05, 0.1) is 0 Å². The van der Waals surface area contributed by atoms with E-state index >= 15 is 0 Å². The molecule has 1 fully saturated rings. The molecule has 1 saturated carbocycles. The van der Waals surface area contributed by atoms with Gasteiger partial charge in [-0.25, -0.2) is 0 Å². The number of nitrogens with one attached hydrogen (secondary N) is 1. The molecule has 24 heavy (non-hydrogen) atoms. The number of carbonyl (C=O) groups is 1. The van der Waals surface area contributed by atoms with Crippen molar-refractivity contribution in [3.05, 3.63) is 48.1 Å². The van der Waals surface area contributed by atoms with E-state index in [-0.39, 0.29) is 17.5 Å². The van der Waals surface area contributed by atoms with Crippen molar-refractivity contribution in [2.24, 2.45) is 5.92 Å². The van der Waals surface area contributed by atoms with Crippen LogP contribution in [0.4, 0.5) is 0 Å². The van der Waals surface area contributed by atoms with Crippen LogP contribution < -0.4 is 10.1 Å². The van der Waals surface area contributed by atoms with Crippen molar-refractivity contribution in [3.8, 4) is 11.8 Å². The summed E-state index contributed by atoms with van der Waals surface area (Å²) in [7, 11) is 0. The average Bonchev–Trinajstić information content (AvgIpc) is 2.60. The molecule has 126 valence electrons. The SMILES string of the molecule is C=CCOc1ccc(/C=C(\C#N)C(=O)NC2CCCCC2C)cc1. The molecule has 2 unspecified atom stereocenters. The molecular weight excluding hydrogens is 300 g/mol. The second-order valence-corrected chi connectivity index (χ2v) is 6.18. The smallest absolute Gasteiger partial charge is 0.262 e. The lowest BCUT2D eigenvalue weighted by Gasteiger charge is -2.29. The van der Waals surface area contributed by atoms with Crippen molar-refractivity contribution in [2.75, 3.05) is 6.61 Å². The molecule has 0 aliphatic heterocycles. The number of hydrogen-bond acceptors (Lipinski definition) is 3. The van der Waals surface area contributed by atoms with Crippen LogP contribution in [0.1, 0.15) is 38.2 Å². The minimum absolute atomic E-state index is 0.132. The van der Waals surface area contributed by atoms with Crippen LogP contribution in [-0.2, 0) is 4.79 Å². The number of rotatable bonds is 6. The zero-order valence-corrected chi connectivity index (χ0v) is 14.1. The van der Waals surface area contributed by atoms with E-state index in [0.29, 0.717) is 12.5 Å². The normalized spacial score (nSPS) is 20.8. The van der Waals surface area contributed by atoms with E-state index in [4.69, 9.17) is 4.74 Å². The largest absolute Gasteiger partial charge is 0.490 e. The fourth-order valence-electron chi connectivity index (χ4n) is 2.91. The Kier molecular flexibility index (Phi) is 6.62. The molecule has 2 rings (SSSR count). The summed E-state index contributed by atoms with van der Waals surface area (Å²) in [5, 5.41) is 12.3. The van der Waals surface area contributed by atoms with Crippen LogP contribution in [0.15, 0.2) is 42.5 Å². The number of carbonyl (C=O) groups excluding carboxylic acids is 1. The van der Waals surface area contributed by atoms with Gasteiger partial charge in [0.1, 0.15) is 24.0 Å². The summed E-state index contributed by atoms with van der Waals surface area (Å²) in [5.74, 6) is 0.901. The van der Waals surface area contributed by atoms with Gasteiger partial charge in [-0.1, -0.05) is 44.6 Å². The Morgan fingerprint density at radius 2 is 2.08 bits per heavy atom. The molecule has 0 heterocycles. The van der Waals surface area contributed by atoms with E-state index in [2.05, 4.69) is 18.8 Å². The summed E-state index contributed by atoms with van der Waals surface area (Å²) in [5.41, 5.74) is 0.928. The van der Waals surface area contributed by atoms with Crippen LogP contribution in [0.2, 0.25) is 0 Å². The standard InChI is InChI=1S/C20H24N2O2/c1-3-12-24-18-10-8-16(9-11-18)13-17(14-21)20(23)22-19-7-5-4-6-15(19)2/h3,8-11,13,15,19H,1,4-7,12H2,2H3,(H,22,23)/b17-13+. The minimum atomic E-state index is -0.289. The lowest BCUT2D eigenvalue weighted by atomic mass is 9.86. The van der Waals surface area contributed by atoms with Crippen LogP contribution in [0.3, 0.4) is 0 Å². The number of amides is 1. The molecule has 0 saturated heterocycles. The van der Waals surface area contributed by atoms with Crippen molar-refractivity contribution >= 4 is 12.0 Å². The summed E-state index contributed by atoms with van der Waals surface area (Å²) in [4.78, 5) is 12.4. The second kappa shape index (κ2) is 8.93. The molecule has 2 atom stereocenters. The number of benzene rings is 1. The predicted octanol–water partition coefficient (Wildman–Crippen LogP) is 3.85. The third-order valence-corrected chi connectivity index (χ3v) is 4.35. The highest BCUT2D eigenvalue weighted by molar-refractivity contribution is 6.01. The molecule has 4 heteroatoms. The highest BCUT2D eigenvalue weighted by Crippen LogP contribution is 2.24. The van der Waals surface area contributed by atoms with E-state index in [1.807, 2.05) is 30.3 Å². The van der Waals surface area contributed by atoms with Gasteiger partial charge < -0.3 is 10.1 Å². The maximum Gasteiger partial charge on any atom is 0.262 e. The molecule has 1 aliphatic rings. The summed E-state index contributed by atoms with van der Waals surface area (Å²) in [6.45, 7) is 6.20. The van der Waals surface area contributed by atoms with Gasteiger partial charge in [0.25, 0.3) is 5.91 Å². The van der Waals surface area contributed by atoms with Gasteiger partial charge in [0.2, 0.25) is 0 Å². The summed E-state index contributed by atoms with van der Waals surface area (Å²) in [6, 6.07) is 9.45. The van der Waals surface area contributed by atoms with Gasteiger partial charge in [-0.05, 0) is 42.5 Å². The van der Waals surface area contributed by atoms with Gasteiger partial charge in [-0.15, -0.1) is 0 Å². The van der Waals surface area contributed by atoms with E-state index in [1.165, 1.54) is 6.42 Å². The van der Waals surface area contributed by atoms with Crippen molar-refractivity contribution < 1.29 is 9.53 Å². The Morgan fingerprint density at radius 1 is 1.38 bits per heavy atom. The van der Waals surface area contributed by atoms with Crippen LogP contribution in [0, 0.1) is 17.2 Å². The lowest BCUT2D eigenvalue weighted by molar-refractivity contribution is -0.118. The van der Waals surface area contributed by atoms with Crippen LogP contribution >= 0.6 is 0 Å². The lowest BCUT2D eigenvalue weighted by Crippen LogP contribution is -2.41. The topological polar surface area (TPSA) is 62.1 Å². The number of ether oxygens (including phenoxy) is 1. The van der Waals surface area contributed by atoms with Gasteiger partial charge >= 0.3 is 0 Å². The van der Waals surface area contributed by atoms with E-state index in [9.17, 15) is 10.1 Å². The quantitative estimate of drug-likeness (QED) is 0.491. The highest BCUT2D eigenvalue weighted by atomic mass is 16.5. The van der Waals surface area contributed by atoms with E-state index in [1.54, 1.807) is 12.2 Å². The third kappa shape index (κ3) is 4.99. The monoisotopic (exact) mass is 324 g/mol. The molecule has 0 radical (unpaired) electrons. The molecule has 4 nitrogen and oxygen atoms in total. The van der Waals surface area contributed by atoms with Crippen LogP contribution in [-0.4, -0.2) is 18.6 Å². The first-order chi connectivity index (χ1) is 11.6. The molecule has 0 bridgehead atoms. The molecule has 1 aromatic rings.